The van der Waals surface area contributed by atoms with Crippen LogP contribution in [0.4, 0.5) is 0 Å². The van der Waals surface area contributed by atoms with Crippen LogP contribution in [0.3, 0.4) is 0 Å². The lowest BCUT2D eigenvalue weighted by molar-refractivity contribution is -0.127. The maximum atomic E-state index is 12.4. The van der Waals surface area contributed by atoms with Crippen molar-refractivity contribution in [2.24, 2.45) is 0 Å². The minimum Gasteiger partial charge on any atom is -0.351 e. The van der Waals surface area contributed by atoms with Gasteiger partial charge in [-0.3, -0.25) is 9.59 Å². The highest BCUT2D eigenvalue weighted by atomic mass is 16.2. The highest BCUT2D eigenvalue weighted by Crippen LogP contribution is 2.15. The van der Waals surface area contributed by atoms with Crippen molar-refractivity contribution in [3.63, 3.8) is 0 Å². The van der Waals surface area contributed by atoms with Crippen LogP contribution in [0.2, 0.25) is 0 Å². The van der Waals surface area contributed by atoms with Crippen LogP contribution in [0, 0.1) is 20.8 Å². The van der Waals surface area contributed by atoms with E-state index in [1.54, 1.807) is 6.92 Å². The number of rotatable bonds is 6. The third-order valence-corrected chi connectivity index (χ3v) is 4.63. The number of hydrogen-bond acceptors (Lipinski definition) is 4. The van der Waals surface area contributed by atoms with E-state index in [1.807, 2.05) is 30.9 Å². The first-order chi connectivity index (χ1) is 12.5. The molecule has 138 valence electrons. The van der Waals surface area contributed by atoms with E-state index in [9.17, 15) is 9.59 Å². The largest absolute Gasteiger partial charge is 0.351 e. The Morgan fingerprint density at radius 3 is 2.73 bits per heavy atom. The molecule has 0 aliphatic carbocycles. The third-order valence-electron chi connectivity index (χ3n) is 4.63. The van der Waals surface area contributed by atoms with Gasteiger partial charge in [-0.25, -0.2) is 0 Å². The molecule has 2 heterocycles. The average molecular weight is 355 g/mol. The summed E-state index contributed by atoms with van der Waals surface area (Å²) in [6.45, 7) is 7.85. The van der Waals surface area contributed by atoms with Gasteiger partial charge in [-0.1, -0.05) is 17.7 Å². The zero-order valence-corrected chi connectivity index (χ0v) is 15.6. The summed E-state index contributed by atoms with van der Waals surface area (Å²) in [6, 6.07) is 6.02. The SMILES string of the molecule is Cc1ccc(-n2nc(C)c(C(=O)NCCCN3CCCC3=O)n2)c(C)c1. The van der Waals surface area contributed by atoms with Gasteiger partial charge in [0.15, 0.2) is 5.69 Å². The molecule has 1 aliphatic heterocycles. The molecular formula is C19H25N5O2. The molecule has 1 aromatic carbocycles. The number of amides is 2. The van der Waals surface area contributed by atoms with Gasteiger partial charge >= 0.3 is 0 Å². The first kappa shape index (κ1) is 18.1. The molecule has 1 saturated heterocycles. The minimum atomic E-state index is -0.230. The fourth-order valence-electron chi connectivity index (χ4n) is 3.22. The number of nitrogens with zero attached hydrogens (tertiary/aromatic N) is 4. The fraction of sp³-hybridized carbons (Fsp3) is 0.474. The van der Waals surface area contributed by atoms with Gasteiger partial charge in [0.2, 0.25) is 5.91 Å². The van der Waals surface area contributed by atoms with E-state index in [4.69, 9.17) is 0 Å². The Kier molecular flexibility index (Phi) is 5.35. The van der Waals surface area contributed by atoms with Gasteiger partial charge in [-0.2, -0.15) is 9.90 Å². The normalized spacial score (nSPS) is 14.1. The number of likely N-dealkylation sites (tertiary alicyclic amines) is 1. The van der Waals surface area contributed by atoms with Gasteiger partial charge in [-0.05, 0) is 45.2 Å². The van der Waals surface area contributed by atoms with Crippen molar-refractivity contribution in [2.45, 2.75) is 40.0 Å². The van der Waals surface area contributed by atoms with Crippen LogP contribution in [0.15, 0.2) is 18.2 Å². The predicted molar refractivity (Wildman–Crippen MR) is 98.3 cm³/mol. The summed E-state index contributed by atoms with van der Waals surface area (Å²) in [5, 5.41) is 11.6. The zero-order valence-electron chi connectivity index (χ0n) is 15.6. The van der Waals surface area contributed by atoms with E-state index in [1.165, 1.54) is 10.4 Å². The molecule has 26 heavy (non-hydrogen) atoms. The van der Waals surface area contributed by atoms with Crippen LogP contribution in [0.1, 0.15) is 46.6 Å². The number of carbonyl (C=O) groups is 2. The number of benzene rings is 1. The average Bonchev–Trinajstić information content (AvgIpc) is 3.17. The first-order valence-electron chi connectivity index (χ1n) is 9.03. The Bertz CT molecular complexity index is 827. The topological polar surface area (TPSA) is 80.1 Å². The summed E-state index contributed by atoms with van der Waals surface area (Å²) in [5.74, 6) is -0.0187. The van der Waals surface area contributed by atoms with Crippen LogP contribution in [-0.4, -0.2) is 51.3 Å². The molecule has 0 bridgehead atoms. The Morgan fingerprint density at radius 1 is 1.23 bits per heavy atom. The molecule has 1 aliphatic rings. The van der Waals surface area contributed by atoms with Crippen molar-refractivity contribution in [1.29, 1.82) is 0 Å². The van der Waals surface area contributed by atoms with Crippen LogP contribution in [0.5, 0.6) is 0 Å². The van der Waals surface area contributed by atoms with Gasteiger partial charge in [-0.15, -0.1) is 5.10 Å². The molecule has 2 amide bonds. The summed E-state index contributed by atoms with van der Waals surface area (Å²) in [5.41, 5.74) is 4.02. The number of carbonyl (C=O) groups excluding carboxylic acids is 2. The Balaban J connectivity index is 1.59. The maximum Gasteiger partial charge on any atom is 0.273 e. The van der Waals surface area contributed by atoms with Crippen molar-refractivity contribution < 1.29 is 9.59 Å². The van der Waals surface area contributed by atoms with Crippen molar-refractivity contribution >= 4 is 11.8 Å². The molecule has 0 spiro atoms. The van der Waals surface area contributed by atoms with E-state index >= 15 is 0 Å². The second-order valence-corrected chi connectivity index (χ2v) is 6.81. The van der Waals surface area contributed by atoms with Crippen molar-refractivity contribution in [3.8, 4) is 5.69 Å². The monoisotopic (exact) mass is 355 g/mol. The molecule has 1 fully saturated rings. The highest BCUT2D eigenvalue weighted by molar-refractivity contribution is 5.93. The highest BCUT2D eigenvalue weighted by Gasteiger charge is 2.20. The molecule has 2 aromatic rings. The molecule has 1 aromatic heterocycles. The number of hydrogen-bond donors (Lipinski definition) is 1. The molecule has 0 radical (unpaired) electrons. The molecule has 0 unspecified atom stereocenters. The van der Waals surface area contributed by atoms with Crippen molar-refractivity contribution in [3.05, 3.63) is 40.7 Å². The molecule has 0 saturated carbocycles. The van der Waals surface area contributed by atoms with Gasteiger partial charge in [0.25, 0.3) is 5.91 Å². The molecule has 7 heteroatoms. The Morgan fingerprint density at radius 2 is 2.04 bits per heavy atom. The van der Waals surface area contributed by atoms with Crippen molar-refractivity contribution in [1.82, 2.24) is 25.2 Å². The summed E-state index contributed by atoms with van der Waals surface area (Å²) >= 11 is 0. The van der Waals surface area contributed by atoms with Gasteiger partial charge < -0.3 is 10.2 Å². The van der Waals surface area contributed by atoms with Crippen LogP contribution < -0.4 is 5.32 Å². The molecule has 0 atom stereocenters. The maximum absolute atomic E-state index is 12.4. The van der Waals surface area contributed by atoms with E-state index in [2.05, 4.69) is 21.6 Å². The van der Waals surface area contributed by atoms with Crippen molar-refractivity contribution in [2.75, 3.05) is 19.6 Å². The predicted octanol–water partition coefficient (Wildman–Crippen LogP) is 1.93. The van der Waals surface area contributed by atoms with E-state index in [0.717, 1.165) is 30.6 Å². The third kappa shape index (κ3) is 3.92. The lowest BCUT2D eigenvalue weighted by Gasteiger charge is -2.15. The summed E-state index contributed by atoms with van der Waals surface area (Å²) in [6.07, 6.45) is 2.32. The Hall–Kier alpha value is -2.70. The van der Waals surface area contributed by atoms with Crippen LogP contribution in [-0.2, 0) is 4.79 Å². The summed E-state index contributed by atoms with van der Waals surface area (Å²) < 4.78 is 0. The smallest absolute Gasteiger partial charge is 0.273 e. The van der Waals surface area contributed by atoms with E-state index in [0.29, 0.717) is 30.9 Å². The molecular weight excluding hydrogens is 330 g/mol. The first-order valence-corrected chi connectivity index (χ1v) is 9.03. The van der Waals surface area contributed by atoms with Crippen LogP contribution in [0.25, 0.3) is 5.69 Å². The fourth-order valence-corrected chi connectivity index (χ4v) is 3.22. The second kappa shape index (κ2) is 7.68. The molecule has 3 rings (SSSR count). The summed E-state index contributed by atoms with van der Waals surface area (Å²) in [4.78, 5) is 27.3. The van der Waals surface area contributed by atoms with Gasteiger partial charge in [0.05, 0.1) is 11.4 Å². The Labute approximate surface area is 153 Å². The second-order valence-electron chi connectivity index (χ2n) is 6.81. The van der Waals surface area contributed by atoms with Gasteiger partial charge in [0.1, 0.15) is 0 Å². The minimum absolute atomic E-state index is 0.212. The van der Waals surface area contributed by atoms with Gasteiger partial charge in [0, 0.05) is 26.1 Å². The summed E-state index contributed by atoms with van der Waals surface area (Å²) in [7, 11) is 0. The molecule has 7 nitrogen and oxygen atoms in total. The standard InChI is InChI=1S/C19H25N5O2/c1-13-7-8-16(14(2)12-13)24-21-15(3)18(22-24)19(26)20-9-5-11-23-10-4-6-17(23)25/h7-8,12H,4-6,9-11H2,1-3H3,(H,20,26). The lowest BCUT2D eigenvalue weighted by Crippen LogP contribution is -2.31. The van der Waals surface area contributed by atoms with E-state index < -0.39 is 0 Å². The number of nitrogens with one attached hydrogen (secondary N) is 1. The zero-order chi connectivity index (χ0) is 18.7. The number of aromatic nitrogens is 3. The number of aryl methyl sites for hydroxylation is 3. The quantitative estimate of drug-likeness (QED) is 0.803. The molecule has 1 N–H and O–H groups in total. The van der Waals surface area contributed by atoms with E-state index in [-0.39, 0.29) is 11.8 Å². The lowest BCUT2D eigenvalue weighted by atomic mass is 10.1. The van der Waals surface area contributed by atoms with Crippen LogP contribution >= 0.6 is 0 Å².